The van der Waals surface area contributed by atoms with E-state index in [4.69, 9.17) is 0 Å². The van der Waals surface area contributed by atoms with E-state index in [0.29, 0.717) is 21.7 Å². The third-order valence-corrected chi connectivity index (χ3v) is 8.89. The van der Waals surface area contributed by atoms with Crippen LogP contribution in [0.25, 0.3) is 0 Å². The van der Waals surface area contributed by atoms with Crippen LogP contribution in [0.3, 0.4) is 0 Å². The molecule has 4 fully saturated rings. The first kappa shape index (κ1) is 14.3. The predicted octanol–water partition coefficient (Wildman–Crippen LogP) is 6.37. The van der Waals surface area contributed by atoms with Crippen molar-refractivity contribution < 1.29 is 0 Å². The first-order valence-corrected chi connectivity index (χ1v) is 9.40. The lowest BCUT2D eigenvalue weighted by Crippen LogP contribution is -2.56. The smallest absolute Gasteiger partial charge is 0.0113 e. The quantitative estimate of drug-likeness (QED) is 0.454. The molecule has 0 heteroatoms. The summed E-state index contributed by atoms with van der Waals surface area (Å²) in [5.74, 6) is 1.95. The molecule has 0 aliphatic heterocycles. The van der Waals surface area contributed by atoms with E-state index in [9.17, 15) is 0 Å². The minimum atomic E-state index is 0.490. The second-order valence-electron chi connectivity index (χ2n) is 10.4. The van der Waals surface area contributed by atoms with Gasteiger partial charge in [-0.3, -0.25) is 0 Å². The predicted molar refractivity (Wildman–Crippen MR) is 90.1 cm³/mol. The van der Waals surface area contributed by atoms with E-state index in [1.807, 2.05) is 0 Å². The van der Waals surface area contributed by atoms with Gasteiger partial charge in [-0.15, -0.1) is 0 Å². The lowest BCUT2D eigenvalue weighted by atomic mass is 9.40. The van der Waals surface area contributed by atoms with Crippen molar-refractivity contribution in [2.75, 3.05) is 0 Å². The van der Waals surface area contributed by atoms with E-state index < -0.39 is 0 Å². The molecule has 4 aliphatic carbocycles. The van der Waals surface area contributed by atoms with Crippen molar-refractivity contribution in [1.82, 2.24) is 0 Å². The summed E-state index contributed by atoms with van der Waals surface area (Å²) in [7, 11) is 0. The molecular weight excluding hydrogens is 252 g/mol. The molecule has 21 heavy (non-hydrogen) atoms. The minimum absolute atomic E-state index is 0.490. The van der Waals surface area contributed by atoms with Gasteiger partial charge in [0.25, 0.3) is 0 Å². The van der Waals surface area contributed by atoms with Crippen molar-refractivity contribution in [2.24, 2.45) is 33.5 Å². The highest BCUT2D eigenvalue weighted by molar-refractivity contribution is 5.26. The minimum Gasteiger partial charge on any atom is -0.0993 e. The van der Waals surface area contributed by atoms with E-state index in [1.165, 1.54) is 57.8 Å². The molecule has 5 unspecified atom stereocenters. The normalized spacial score (nSPS) is 55.0. The highest BCUT2D eigenvalue weighted by Gasteiger charge is 2.65. The van der Waals surface area contributed by atoms with Crippen LogP contribution in [0.1, 0.15) is 85.5 Å². The van der Waals surface area contributed by atoms with Crippen LogP contribution >= 0.6 is 0 Å². The molecule has 4 saturated carbocycles. The molecule has 0 nitrogen and oxygen atoms in total. The fourth-order valence-corrected chi connectivity index (χ4v) is 8.00. The van der Waals surface area contributed by atoms with E-state index >= 15 is 0 Å². The molecule has 0 aromatic carbocycles. The topological polar surface area (TPSA) is 0 Å². The summed E-state index contributed by atoms with van der Waals surface area (Å²) in [5, 5.41) is 0. The average Bonchev–Trinajstić information content (AvgIpc) is 2.54. The van der Waals surface area contributed by atoms with Gasteiger partial charge in [-0.25, -0.2) is 0 Å². The standard InChI is InChI=1S/C21H34/c1-15-13-21-12-8-16-18(2,3)9-6-10-20(16,5)17(21)7-11-19(15,4)14-21/h16-17H,1,6-14H2,2-5H3. The first-order chi connectivity index (χ1) is 9.72. The highest BCUT2D eigenvalue weighted by Crippen LogP contribution is 2.74. The fraction of sp³-hybridized carbons (Fsp3) is 0.905. The molecule has 0 N–H and O–H groups in total. The zero-order valence-electron chi connectivity index (χ0n) is 14.7. The van der Waals surface area contributed by atoms with Crippen molar-refractivity contribution >= 4 is 0 Å². The molecule has 118 valence electrons. The molecule has 0 aromatic rings. The van der Waals surface area contributed by atoms with Crippen LogP contribution in [0.15, 0.2) is 12.2 Å². The molecule has 0 heterocycles. The van der Waals surface area contributed by atoms with Crippen LogP contribution in [0, 0.1) is 33.5 Å². The molecule has 5 atom stereocenters. The van der Waals surface area contributed by atoms with E-state index in [2.05, 4.69) is 34.3 Å². The molecular formula is C21H34. The Morgan fingerprint density at radius 2 is 1.62 bits per heavy atom. The van der Waals surface area contributed by atoms with Crippen LogP contribution < -0.4 is 0 Å². The van der Waals surface area contributed by atoms with Gasteiger partial charge in [0.2, 0.25) is 0 Å². The fourth-order valence-electron chi connectivity index (χ4n) is 8.00. The van der Waals surface area contributed by atoms with Crippen LogP contribution in [0.4, 0.5) is 0 Å². The highest BCUT2D eigenvalue weighted by atomic mass is 14.7. The zero-order chi connectivity index (χ0) is 15.1. The second-order valence-corrected chi connectivity index (χ2v) is 10.4. The Morgan fingerprint density at radius 1 is 0.905 bits per heavy atom. The summed E-state index contributed by atoms with van der Waals surface area (Å²) < 4.78 is 0. The lowest BCUT2D eigenvalue weighted by Gasteiger charge is -2.64. The van der Waals surface area contributed by atoms with E-state index in [1.54, 1.807) is 5.57 Å². The van der Waals surface area contributed by atoms with Gasteiger partial charge in [0, 0.05) is 0 Å². The molecule has 0 amide bonds. The third kappa shape index (κ3) is 1.68. The lowest BCUT2D eigenvalue weighted by molar-refractivity contribution is -0.149. The number of hydrogen-bond donors (Lipinski definition) is 0. The molecule has 1 spiro atoms. The number of hydrogen-bond acceptors (Lipinski definition) is 0. The van der Waals surface area contributed by atoms with Gasteiger partial charge in [-0.2, -0.15) is 0 Å². The third-order valence-electron chi connectivity index (χ3n) is 8.89. The van der Waals surface area contributed by atoms with Crippen LogP contribution in [-0.2, 0) is 0 Å². The van der Waals surface area contributed by atoms with Gasteiger partial charge in [0.15, 0.2) is 0 Å². The van der Waals surface area contributed by atoms with E-state index in [0.717, 1.165) is 11.8 Å². The summed E-state index contributed by atoms with van der Waals surface area (Å²) >= 11 is 0. The van der Waals surface area contributed by atoms with Crippen molar-refractivity contribution in [3.63, 3.8) is 0 Å². The summed E-state index contributed by atoms with van der Waals surface area (Å²) in [4.78, 5) is 0. The molecule has 0 aromatic heterocycles. The van der Waals surface area contributed by atoms with Crippen LogP contribution in [0.5, 0.6) is 0 Å². The summed E-state index contributed by atoms with van der Waals surface area (Å²) in [6.45, 7) is 14.8. The Bertz CT molecular complexity index is 486. The van der Waals surface area contributed by atoms with Gasteiger partial charge in [-0.1, -0.05) is 46.3 Å². The molecule has 0 radical (unpaired) electrons. The number of allylic oxidation sites excluding steroid dienone is 1. The molecule has 0 saturated heterocycles. The maximum absolute atomic E-state index is 4.51. The number of fused-ring (bicyclic) bond motifs is 3. The Kier molecular flexibility index (Phi) is 2.72. The monoisotopic (exact) mass is 286 g/mol. The van der Waals surface area contributed by atoms with Gasteiger partial charge in [-0.05, 0) is 84.9 Å². The average molecular weight is 287 g/mol. The SMILES string of the molecule is C=C1CC23CCC4C(C)(C)CCCC4(C)C2CCC1(C)C3. The van der Waals surface area contributed by atoms with Gasteiger partial charge in [0.05, 0.1) is 0 Å². The summed E-state index contributed by atoms with van der Waals surface area (Å²) in [6, 6.07) is 0. The Balaban J connectivity index is 1.75. The van der Waals surface area contributed by atoms with Crippen molar-refractivity contribution in [1.29, 1.82) is 0 Å². The van der Waals surface area contributed by atoms with Crippen LogP contribution in [-0.4, -0.2) is 0 Å². The van der Waals surface area contributed by atoms with Crippen molar-refractivity contribution in [3.8, 4) is 0 Å². The molecule has 4 aliphatic rings. The van der Waals surface area contributed by atoms with E-state index in [-0.39, 0.29) is 0 Å². The maximum Gasteiger partial charge on any atom is -0.0113 e. The Labute approximate surface area is 131 Å². The van der Waals surface area contributed by atoms with Crippen molar-refractivity contribution in [2.45, 2.75) is 85.5 Å². The largest absolute Gasteiger partial charge is 0.0993 e. The maximum atomic E-state index is 4.51. The van der Waals surface area contributed by atoms with Crippen molar-refractivity contribution in [3.05, 3.63) is 12.2 Å². The zero-order valence-corrected chi connectivity index (χ0v) is 14.7. The van der Waals surface area contributed by atoms with Crippen LogP contribution in [0.2, 0.25) is 0 Å². The summed E-state index contributed by atoms with van der Waals surface area (Å²) in [6.07, 6.45) is 13.1. The van der Waals surface area contributed by atoms with Gasteiger partial charge in [0.1, 0.15) is 0 Å². The van der Waals surface area contributed by atoms with Gasteiger partial charge < -0.3 is 0 Å². The molecule has 4 rings (SSSR count). The summed E-state index contributed by atoms with van der Waals surface area (Å²) in [5.41, 5.74) is 3.92. The van der Waals surface area contributed by atoms with Gasteiger partial charge >= 0.3 is 0 Å². The molecule has 2 bridgehead atoms. The Hall–Kier alpha value is -0.260. The Morgan fingerprint density at radius 3 is 2.38 bits per heavy atom. The second kappa shape index (κ2) is 3.98. The first-order valence-electron chi connectivity index (χ1n) is 9.40. The number of rotatable bonds is 0.